The Morgan fingerprint density at radius 3 is 2.60 bits per heavy atom. The molecule has 2 aromatic carbocycles. The van der Waals surface area contributed by atoms with Gasteiger partial charge in [-0.05, 0) is 37.7 Å². The van der Waals surface area contributed by atoms with Crippen LogP contribution < -0.4 is 27.2 Å². The molecule has 0 aliphatic carbocycles. The number of nitrogens with zero attached hydrogens (tertiary/aromatic N) is 6. The van der Waals surface area contributed by atoms with Crippen LogP contribution in [-0.2, 0) is 0 Å². The van der Waals surface area contributed by atoms with Gasteiger partial charge in [-0.3, -0.25) is 9.36 Å². The van der Waals surface area contributed by atoms with Gasteiger partial charge in [0.25, 0.3) is 5.56 Å². The zero-order valence-electron chi connectivity index (χ0n) is 18.8. The van der Waals surface area contributed by atoms with Crippen molar-refractivity contribution in [1.29, 1.82) is 5.26 Å². The van der Waals surface area contributed by atoms with E-state index in [0.717, 1.165) is 0 Å². The van der Waals surface area contributed by atoms with Gasteiger partial charge in [-0.1, -0.05) is 35.9 Å². The number of nitrogen functional groups attached to an aromatic ring is 2. The summed E-state index contributed by atoms with van der Waals surface area (Å²) >= 11 is 6.42. The van der Waals surface area contributed by atoms with E-state index in [9.17, 15) is 10.1 Å². The highest BCUT2D eigenvalue weighted by atomic mass is 35.5. The van der Waals surface area contributed by atoms with E-state index in [4.69, 9.17) is 28.1 Å². The van der Waals surface area contributed by atoms with Crippen molar-refractivity contribution >= 4 is 40.1 Å². The molecule has 2 atom stereocenters. The third kappa shape index (κ3) is 3.80. The molecule has 0 radical (unpaired) electrons. The molecule has 1 aliphatic rings. The average molecular weight is 488 g/mol. The summed E-state index contributed by atoms with van der Waals surface area (Å²) < 4.78 is 1.57. The van der Waals surface area contributed by atoms with E-state index in [1.807, 2.05) is 42.3 Å². The number of benzene rings is 2. The van der Waals surface area contributed by atoms with Gasteiger partial charge in [-0.2, -0.15) is 15.2 Å². The van der Waals surface area contributed by atoms with E-state index in [1.165, 1.54) is 0 Å². The SMILES string of the molecule is CNC1C[C@@H](c2nc3cccc(Cl)c3c(=O)n2-c2ccccc2)N(c2nc(N)nc(N)c2C#N)C1. The number of nitrogens with one attached hydrogen (secondary N) is 1. The third-order valence-electron chi connectivity index (χ3n) is 6.21. The zero-order chi connectivity index (χ0) is 24.7. The first-order chi connectivity index (χ1) is 16.9. The predicted octanol–water partition coefficient (Wildman–Crippen LogP) is 2.40. The number of hydrogen-bond donors (Lipinski definition) is 3. The maximum atomic E-state index is 13.8. The number of para-hydroxylation sites is 1. The number of nitrogens with two attached hydrogens (primary N) is 2. The maximum absolute atomic E-state index is 13.8. The number of likely N-dealkylation sites (N-methyl/N-ethyl adjacent to an activating group) is 1. The normalized spacial score (nSPS) is 17.6. The number of halogens is 1. The van der Waals surface area contributed by atoms with Crippen molar-refractivity contribution in [3.8, 4) is 11.8 Å². The van der Waals surface area contributed by atoms with Gasteiger partial charge < -0.3 is 21.7 Å². The van der Waals surface area contributed by atoms with Crippen LogP contribution in [-0.4, -0.2) is 39.2 Å². The fourth-order valence-corrected chi connectivity index (χ4v) is 4.83. The average Bonchev–Trinajstić information content (AvgIpc) is 3.28. The lowest BCUT2D eigenvalue weighted by atomic mass is 10.1. The van der Waals surface area contributed by atoms with Crippen LogP contribution in [0.3, 0.4) is 0 Å². The molecule has 4 aromatic rings. The molecule has 5 rings (SSSR count). The van der Waals surface area contributed by atoms with Crippen molar-refractivity contribution in [3.05, 3.63) is 75.3 Å². The lowest BCUT2D eigenvalue weighted by molar-refractivity contribution is 0.570. The van der Waals surface area contributed by atoms with E-state index >= 15 is 0 Å². The van der Waals surface area contributed by atoms with Gasteiger partial charge in [-0.25, -0.2) is 4.98 Å². The fourth-order valence-electron chi connectivity index (χ4n) is 4.58. The highest BCUT2D eigenvalue weighted by molar-refractivity contribution is 6.35. The molecule has 176 valence electrons. The number of aromatic nitrogens is 4. The number of anilines is 3. The minimum absolute atomic E-state index is 0.000333. The number of fused-ring (bicyclic) bond motifs is 1. The highest BCUT2D eigenvalue weighted by Gasteiger charge is 2.38. The fraction of sp³-hybridized carbons (Fsp3) is 0.208. The van der Waals surface area contributed by atoms with Crippen LogP contribution in [0.15, 0.2) is 53.3 Å². The summed E-state index contributed by atoms with van der Waals surface area (Å²) in [6, 6.07) is 16.1. The van der Waals surface area contributed by atoms with Crippen LogP contribution >= 0.6 is 11.6 Å². The zero-order valence-corrected chi connectivity index (χ0v) is 19.6. The van der Waals surface area contributed by atoms with Crippen LogP contribution in [0.25, 0.3) is 16.6 Å². The molecule has 1 aliphatic heterocycles. The second-order valence-electron chi connectivity index (χ2n) is 8.25. The molecule has 2 aromatic heterocycles. The maximum Gasteiger partial charge on any atom is 0.267 e. The van der Waals surface area contributed by atoms with Gasteiger partial charge in [0.2, 0.25) is 5.95 Å². The largest absolute Gasteiger partial charge is 0.382 e. The molecule has 5 N–H and O–H groups in total. The van der Waals surface area contributed by atoms with Crippen LogP contribution in [0, 0.1) is 11.3 Å². The van der Waals surface area contributed by atoms with Gasteiger partial charge >= 0.3 is 0 Å². The lowest BCUT2D eigenvalue weighted by Gasteiger charge is -2.28. The monoisotopic (exact) mass is 487 g/mol. The van der Waals surface area contributed by atoms with Crippen molar-refractivity contribution in [2.75, 3.05) is 30.0 Å². The van der Waals surface area contributed by atoms with Gasteiger partial charge in [0.15, 0.2) is 5.82 Å². The van der Waals surface area contributed by atoms with Gasteiger partial charge in [0.1, 0.15) is 23.3 Å². The molecule has 10 nitrogen and oxygen atoms in total. The minimum Gasteiger partial charge on any atom is -0.382 e. The lowest BCUT2D eigenvalue weighted by Crippen LogP contribution is -2.34. The molecule has 0 amide bonds. The van der Waals surface area contributed by atoms with Crippen LogP contribution in [0.4, 0.5) is 17.6 Å². The van der Waals surface area contributed by atoms with Crippen molar-refractivity contribution in [1.82, 2.24) is 24.8 Å². The van der Waals surface area contributed by atoms with Crippen LogP contribution in [0.2, 0.25) is 5.02 Å². The number of nitriles is 1. The molecular formula is C24H22ClN9O. The Morgan fingerprint density at radius 1 is 1.11 bits per heavy atom. The van der Waals surface area contributed by atoms with E-state index < -0.39 is 6.04 Å². The highest BCUT2D eigenvalue weighted by Crippen LogP contribution is 2.38. The van der Waals surface area contributed by atoms with E-state index in [1.54, 1.807) is 22.8 Å². The minimum atomic E-state index is -0.426. The topological polar surface area (TPSA) is 152 Å². The van der Waals surface area contributed by atoms with E-state index in [-0.39, 0.29) is 28.9 Å². The van der Waals surface area contributed by atoms with Crippen molar-refractivity contribution in [2.24, 2.45) is 0 Å². The molecule has 1 fully saturated rings. The second-order valence-corrected chi connectivity index (χ2v) is 8.65. The first-order valence-electron chi connectivity index (χ1n) is 11.0. The summed E-state index contributed by atoms with van der Waals surface area (Å²) in [4.78, 5) is 29.0. The third-order valence-corrected chi connectivity index (χ3v) is 6.53. The summed E-state index contributed by atoms with van der Waals surface area (Å²) in [5.41, 5.74) is 12.9. The Bertz CT molecular complexity index is 1530. The molecule has 35 heavy (non-hydrogen) atoms. The smallest absolute Gasteiger partial charge is 0.267 e. The molecule has 3 heterocycles. The van der Waals surface area contributed by atoms with Gasteiger partial charge in [0.05, 0.1) is 27.7 Å². The molecular weight excluding hydrogens is 466 g/mol. The van der Waals surface area contributed by atoms with Gasteiger partial charge in [0, 0.05) is 12.6 Å². The summed E-state index contributed by atoms with van der Waals surface area (Å²) in [7, 11) is 1.86. The Balaban J connectivity index is 1.81. The second kappa shape index (κ2) is 8.87. The Morgan fingerprint density at radius 2 is 1.89 bits per heavy atom. The van der Waals surface area contributed by atoms with E-state index in [2.05, 4.69) is 21.4 Å². The quantitative estimate of drug-likeness (QED) is 0.394. The summed E-state index contributed by atoms with van der Waals surface area (Å²) in [5, 5.41) is 13.8. The van der Waals surface area contributed by atoms with E-state index in [0.29, 0.717) is 46.2 Å². The van der Waals surface area contributed by atoms with Gasteiger partial charge in [-0.15, -0.1) is 0 Å². The Labute approximate surface area is 205 Å². The standard InChI is InChI=1S/C24H22ClN9O/c1-29-13-10-18(33(12-13)21-15(11-26)20(27)31-24(28)32-21)22-30-17-9-5-8-16(25)19(17)23(35)34(22)14-6-3-2-4-7-14/h2-9,13,18,29H,10,12H2,1H3,(H4,27,28,31,32)/t13?,18-/m0/s1. The molecule has 0 spiro atoms. The Hall–Kier alpha value is -4.20. The van der Waals surface area contributed by atoms with Crippen molar-refractivity contribution < 1.29 is 0 Å². The first-order valence-corrected chi connectivity index (χ1v) is 11.3. The number of rotatable bonds is 4. The summed E-state index contributed by atoms with van der Waals surface area (Å²) in [5.74, 6) is 0.760. The molecule has 0 saturated carbocycles. The molecule has 0 bridgehead atoms. The Kier molecular flexibility index (Phi) is 5.72. The predicted molar refractivity (Wildman–Crippen MR) is 135 cm³/mol. The molecule has 1 saturated heterocycles. The number of hydrogen-bond acceptors (Lipinski definition) is 9. The van der Waals surface area contributed by atoms with Crippen molar-refractivity contribution in [3.63, 3.8) is 0 Å². The van der Waals surface area contributed by atoms with Crippen LogP contribution in [0.1, 0.15) is 23.9 Å². The van der Waals surface area contributed by atoms with Crippen LogP contribution in [0.5, 0.6) is 0 Å². The molecule has 1 unspecified atom stereocenters. The summed E-state index contributed by atoms with van der Waals surface area (Å²) in [6.07, 6.45) is 0.594. The molecule has 11 heteroatoms. The van der Waals surface area contributed by atoms with Crippen molar-refractivity contribution in [2.45, 2.75) is 18.5 Å². The summed E-state index contributed by atoms with van der Waals surface area (Å²) in [6.45, 7) is 0.490. The first kappa shape index (κ1) is 22.6.